The van der Waals surface area contributed by atoms with Gasteiger partial charge in [-0.25, -0.2) is 8.42 Å². The average Bonchev–Trinajstić information content (AvgIpc) is 2.61. The van der Waals surface area contributed by atoms with Gasteiger partial charge in [-0.3, -0.25) is 4.79 Å². The SMILES string of the molecule is CS(=O)(=O)c1ccc(-c2cccc(NC(=O)c3ccccc3Br)c2)nn1. The lowest BCUT2D eigenvalue weighted by molar-refractivity contribution is 0.102. The number of halogens is 1. The highest BCUT2D eigenvalue weighted by Gasteiger charge is 2.12. The molecule has 0 fully saturated rings. The van der Waals surface area contributed by atoms with E-state index < -0.39 is 9.84 Å². The van der Waals surface area contributed by atoms with E-state index >= 15 is 0 Å². The molecule has 0 saturated heterocycles. The summed E-state index contributed by atoms with van der Waals surface area (Å²) < 4.78 is 23.6. The van der Waals surface area contributed by atoms with Crippen molar-refractivity contribution in [2.75, 3.05) is 11.6 Å². The smallest absolute Gasteiger partial charge is 0.256 e. The quantitative estimate of drug-likeness (QED) is 0.681. The number of benzene rings is 2. The molecule has 1 N–H and O–H groups in total. The Bertz CT molecular complexity index is 1070. The predicted molar refractivity (Wildman–Crippen MR) is 103 cm³/mol. The highest BCUT2D eigenvalue weighted by Crippen LogP contribution is 2.23. The maximum atomic E-state index is 12.4. The Kier molecular flexibility index (Phi) is 5.15. The number of nitrogens with one attached hydrogen (secondary N) is 1. The minimum absolute atomic E-state index is 0.0837. The van der Waals surface area contributed by atoms with Crippen LogP contribution in [0.3, 0.4) is 0 Å². The van der Waals surface area contributed by atoms with Gasteiger partial charge in [0.05, 0.1) is 11.3 Å². The minimum atomic E-state index is -3.40. The van der Waals surface area contributed by atoms with Crippen molar-refractivity contribution in [2.24, 2.45) is 0 Å². The molecule has 132 valence electrons. The Morgan fingerprint density at radius 1 is 1.00 bits per heavy atom. The van der Waals surface area contributed by atoms with Gasteiger partial charge in [0.25, 0.3) is 5.91 Å². The van der Waals surface area contributed by atoms with Crippen LogP contribution in [0, 0.1) is 0 Å². The van der Waals surface area contributed by atoms with Gasteiger partial charge >= 0.3 is 0 Å². The third-order valence-corrected chi connectivity index (χ3v) is 5.22. The Labute approximate surface area is 159 Å². The van der Waals surface area contributed by atoms with Crippen LogP contribution in [0.5, 0.6) is 0 Å². The Morgan fingerprint density at radius 2 is 1.77 bits per heavy atom. The number of carbonyl (C=O) groups excluding carboxylic acids is 1. The number of aromatic nitrogens is 2. The van der Waals surface area contributed by atoms with E-state index in [1.54, 1.807) is 48.5 Å². The molecule has 2 aromatic carbocycles. The Hall–Kier alpha value is -2.58. The van der Waals surface area contributed by atoms with Crippen molar-refractivity contribution >= 4 is 37.4 Å². The molecule has 0 spiro atoms. The molecule has 6 nitrogen and oxygen atoms in total. The van der Waals surface area contributed by atoms with Gasteiger partial charge in [0.15, 0.2) is 14.9 Å². The van der Waals surface area contributed by atoms with Gasteiger partial charge in [-0.1, -0.05) is 24.3 Å². The molecule has 8 heteroatoms. The van der Waals surface area contributed by atoms with E-state index in [0.717, 1.165) is 6.26 Å². The third kappa shape index (κ3) is 4.14. The fourth-order valence-corrected chi connectivity index (χ4v) is 3.24. The summed E-state index contributed by atoms with van der Waals surface area (Å²) in [7, 11) is -3.40. The van der Waals surface area contributed by atoms with Crippen LogP contribution in [0.15, 0.2) is 70.2 Å². The maximum Gasteiger partial charge on any atom is 0.256 e. The summed E-state index contributed by atoms with van der Waals surface area (Å²) in [6.07, 6.45) is 1.08. The number of amides is 1. The van der Waals surface area contributed by atoms with E-state index in [-0.39, 0.29) is 10.9 Å². The van der Waals surface area contributed by atoms with E-state index in [9.17, 15) is 13.2 Å². The second-order valence-electron chi connectivity index (χ2n) is 5.54. The highest BCUT2D eigenvalue weighted by molar-refractivity contribution is 9.10. The lowest BCUT2D eigenvalue weighted by Gasteiger charge is -2.08. The first-order valence-corrected chi connectivity index (χ1v) is 10.2. The molecule has 0 unspecified atom stereocenters. The van der Waals surface area contributed by atoms with Gasteiger partial charge in [0.2, 0.25) is 0 Å². The molecule has 0 atom stereocenters. The first kappa shape index (κ1) is 18.2. The van der Waals surface area contributed by atoms with E-state index in [1.165, 1.54) is 6.07 Å². The summed E-state index contributed by atoms with van der Waals surface area (Å²) in [5.74, 6) is -0.242. The zero-order chi connectivity index (χ0) is 18.7. The second kappa shape index (κ2) is 7.35. The molecule has 0 saturated carbocycles. The second-order valence-corrected chi connectivity index (χ2v) is 8.36. The van der Waals surface area contributed by atoms with Gasteiger partial charge in [-0.15, -0.1) is 10.2 Å². The van der Waals surface area contributed by atoms with E-state index in [0.29, 0.717) is 27.0 Å². The molecule has 1 aromatic heterocycles. The van der Waals surface area contributed by atoms with Crippen molar-refractivity contribution in [2.45, 2.75) is 5.03 Å². The molecule has 0 aliphatic carbocycles. The first-order valence-electron chi connectivity index (χ1n) is 7.55. The van der Waals surface area contributed by atoms with Crippen LogP contribution in [0.4, 0.5) is 5.69 Å². The largest absolute Gasteiger partial charge is 0.322 e. The van der Waals surface area contributed by atoms with Crippen molar-refractivity contribution in [3.05, 3.63) is 70.7 Å². The maximum absolute atomic E-state index is 12.4. The van der Waals surface area contributed by atoms with E-state index in [2.05, 4.69) is 31.4 Å². The van der Waals surface area contributed by atoms with Crippen molar-refractivity contribution in [3.8, 4) is 11.3 Å². The Morgan fingerprint density at radius 3 is 2.42 bits per heavy atom. The predicted octanol–water partition coefficient (Wildman–Crippen LogP) is 3.56. The number of anilines is 1. The normalized spacial score (nSPS) is 11.2. The summed E-state index contributed by atoms with van der Waals surface area (Å²) in [6.45, 7) is 0. The molecule has 0 radical (unpaired) electrons. The van der Waals surface area contributed by atoms with Crippen LogP contribution in [0.1, 0.15) is 10.4 Å². The fraction of sp³-hybridized carbons (Fsp3) is 0.0556. The van der Waals surface area contributed by atoms with E-state index in [4.69, 9.17) is 0 Å². The van der Waals surface area contributed by atoms with Crippen molar-refractivity contribution in [1.82, 2.24) is 10.2 Å². The van der Waals surface area contributed by atoms with Crippen LogP contribution in [-0.2, 0) is 9.84 Å². The van der Waals surface area contributed by atoms with Gasteiger partial charge < -0.3 is 5.32 Å². The van der Waals surface area contributed by atoms with Gasteiger partial charge in [-0.2, -0.15) is 0 Å². The van der Waals surface area contributed by atoms with Gasteiger partial charge in [0, 0.05) is 22.0 Å². The minimum Gasteiger partial charge on any atom is -0.322 e. The molecule has 0 aliphatic heterocycles. The van der Waals surface area contributed by atoms with Crippen LogP contribution in [0.2, 0.25) is 0 Å². The summed E-state index contributed by atoms with van der Waals surface area (Å²) in [6, 6.07) is 17.2. The monoisotopic (exact) mass is 431 g/mol. The van der Waals surface area contributed by atoms with Crippen molar-refractivity contribution in [3.63, 3.8) is 0 Å². The van der Waals surface area contributed by atoms with Crippen LogP contribution in [0.25, 0.3) is 11.3 Å². The average molecular weight is 432 g/mol. The van der Waals surface area contributed by atoms with Crippen LogP contribution < -0.4 is 5.32 Å². The molecular weight excluding hydrogens is 418 g/mol. The third-order valence-electron chi connectivity index (χ3n) is 3.55. The summed E-state index contributed by atoms with van der Waals surface area (Å²) in [5.41, 5.74) is 2.34. The number of hydrogen-bond acceptors (Lipinski definition) is 5. The highest BCUT2D eigenvalue weighted by atomic mass is 79.9. The summed E-state index contributed by atoms with van der Waals surface area (Å²) in [5, 5.41) is 10.5. The standard InChI is InChI=1S/C18H14BrN3O3S/c1-26(24,25)17-10-9-16(21-22-17)12-5-4-6-13(11-12)20-18(23)14-7-2-3-8-15(14)19/h2-11H,1H3,(H,20,23). The summed E-state index contributed by atoms with van der Waals surface area (Å²) >= 11 is 3.36. The van der Waals surface area contributed by atoms with E-state index in [1.807, 2.05) is 6.07 Å². The molecule has 26 heavy (non-hydrogen) atoms. The van der Waals surface area contributed by atoms with Crippen LogP contribution in [-0.4, -0.2) is 30.8 Å². The van der Waals surface area contributed by atoms with Crippen molar-refractivity contribution < 1.29 is 13.2 Å². The van der Waals surface area contributed by atoms with Crippen LogP contribution >= 0.6 is 15.9 Å². The van der Waals surface area contributed by atoms with Gasteiger partial charge in [0.1, 0.15) is 0 Å². The number of rotatable bonds is 4. The lowest BCUT2D eigenvalue weighted by Crippen LogP contribution is -2.12. The molecule has 3 aromatic rings. The molecule has 1 amide bonds. The fourth-order valence-electron chi connectivity index (χ4n) is 2.27. The molecular formula is C18H14BrN3O3S. The zero-order valence-corrected chi connectivity index (χ0v) is 16.1. The molecule has 3 rings (SSSR count). The Balaban J connectivity index is 1.85. The topological polar surface area (TPSA) is 89.0 Å². The molecule has 0 aliphatic rings. The number of nitrogens with zero attached hydrogens (tertiary/aromatic N) is 2. The number of sulfone groups is 1. The van der Waals surface area contributed by atoms with Gasteiger partial charge in [-0.05, 0) is 52.3 Å². The zero-order valence-electron chi connectivity index (χ0n) is 13.7. The first-order chi connectivity index (χ1) is 12.3. The molecule has 0 bridgehead atoms. The summed E-state index contributed by atoms with van der Waals surface area (Å²) in [4.78, 5) is 12.4. The lowest BCUT2D eigenvalue weighted by atomic mass is 10.1. The molecule has 1 heterocycles. The van der Waals surface area contributed by atoms with Crippen molar-refractivity contribution in [1.29, 1.82) is 0 Å². The number of hydrogen-bond donors (Lipinski definition) is 1. The number of carbonyl (C=O) groups is 1.